The van der Waals surface area contributed by atoms with Crippen LogP contribution < -0.4 is 0 Å². The minimum atomic E-state index is 0. The van der Waals surface area contributed by atoms with E-state index in [0.29, 0.717) is 0 Å². The summed E-state index contributed by atoms with van der Waals surface area (Å²) in [4.78, 5) is 0. The molecule has 0 heterocycles. The molecule has 0 rings (SSSR count). The van der Waals surface area contributed by atoms with E-state index in [0.717, 1.165) is 0 Å². The van der Waals surface area contributed by atoms with Gasteiger partial charge in [-0.25, -0.2) is 0 Å². The maximum Gasteiger partial charge on any atom is 0 e. The first-order chi connectivity index (χ1) is 0. The van der Waals surface area contributed by atoms with Gasteiger partial charge in [0, 0.05) is 115 Å². The van der Waals surface area contributed by atoms with Crippen molar-refractivity contribution in [3.63, 3.8) is 0 Å². The molecule has 0 aliphatic rings. The standard InChI is InChI=1S/Ba.Mg.Ti.W. The van der Waals surface area contributed by atoms with Gasteiger partial charge in [-0.15, -0.1) is 0 Å². The molecule has 0 unspecified atom stereocenters. The van der Waals surface area contributed by atoms with Gasteiger partial charge in [-0.1, -0.05) is 0 Å². The average molecular weight is 393 g/mol. The molecule has 0 saturated heterocycles. The summed E-state index contributed by atoms with van der Waals surface area (Å²) >= 11 is 0. The van der Waals surface area contributed by atoms with Gasteiger partial charge in [0.15, 0.2) is 0 Å². The molecule has 0 fully saturated rings. The van der Waals surface area contributed by atoms with E-state index in [2.05, 4.69) is 0 Å². The first kappa shape index (κ1) is 25.1. The van der Waals surface area contributed by atoms with E-state index in [1.54, 1.807) is 0 Å². The molecule has 0 N–H and O–H groups in total. The summed E-state index contributed by atoms with van der Waals surface area (Å²) in [6.07, 6.45) is 0. The monoisotopic (exact) mass is 394 g/mol. The fourth-order valence-corrected chi connectivity index (χ4v) is 0. The van der Waals surface area contributed by atoms with Gasteiger partial charge in [-0.05, 0) is 0 Å². The summed E-state index contributed by atoms with van der Waals surface area (Å²) in [5, 5.41) is 0. The Labute approximate surface area is 112 Å². The first-order valence-corrected chi connectivity index (χ1v) is 0. The molecular weight excluding hydrogens is 393 g/mol. The molecule has 4 radical (unpaired) electrons. The van der Waals surface area contributed by atoms with Crippen LogP contribution in [0.2, 0.25) is 0 Å². The van der Waals surface area contributed by atoms with Gasteiger partial charge in [0.05, 0.1) is 0 Å². The van der Waals surface area contributed by atoms with Crippen LogP contribution in [0, 0.1) is 0 Å². The van der Waals surface area contributed by atoms with Gasteiger partial charge in [0.25, 0.3) is 0 Å². The van der Waals surface area contributed by atoms with Crippen LogP contribution in [0.25, 0.3) is 0 Å². The molecule has 4 heavy (non-hydrogen) atoms. The second-order valence-corrected chi connectivity index (χ2v) is 0. The van der Waals surface area contributed by atoms with Crippen LogP contribution in [0.5, 0.6) is 0 Å². The average Bonchev–Trinajstić information content (AvgIpc) is 0. The van der Waals surface area contributed by atoms with Crippen molar-refractivity contribution in [2.24, 2.45) is 0 Å². The van der Waals surface area contributed by atoms with Gasteiger partial charge < -0.3 is 0 Å². The number of hydrogen-bond donors (Lipinski definition) is 0. The SMILES string of the molecule is [Ba].[Mg].[Ti].[W]. The summed E-state index contributed by atoms with van der Waals surface area (Å²) in [5.74, 6) is 0. The Morgan fingerprint density at radius 2 is 1.00 bits per heavy atom. The quantitative estimate of drug-likeness (QED) is 0.475. The minimum absolute atomic E-state index is 0. The van der Waals surface area contributed by atoms with E-state index in [-0.39, 0.29) is 115 Å². The van der Waals surface area contributed by atoms with Crippen LogP contribution in [0.1, 0.15) is 0 Å². The van der Waals surface area contributed by atoms with Gasteiger partial charge in [0.2, 0.25) is 0 Å². The largest absolute Gasteiger partial charge is 0 e. The Balaban J connectivity index is 0. The maximum atomic E-state index is 0. The van der Waals surface area contributed by atoms with Crippen molar-refractivity contribution in [2.75, 3.05) is 0 Å². The molecule has 0 aromatic rings. The Morgan fingerprint density at radius 1 is 1.00 bits per heavy atom. The summed E-state index contributed by atoms with van der Waals surface area (Å²) in [6.45, 7) is 0. The molecule has 0 aliphatic heterocycles. The first-order valence-electron chi connectivity index (χ1n) is 0. The van der Waals surface area contributed by atoms with Gasteiger partial charge in [-0.2, -0.15) is 0 Å². The molecule has 0 spiro atoms. The maximum absolute atomic E-state index is 0. The van der Waals surface area contributed by atoms with Crippen LogP contribution in [0.3, 0.4) is 0 Å². The second kappa shape index (κ2) is 15.9. The smallest absolute Gasteiger partial charge is 0 e. The Kier molecular flexibility index (Phi) is 99.8. The molecule has 0 amide bonds. The molecule has 14 valence electrons. The zero-order valence-corrected chi connectivity index (χ0v) is 12.7. The third-order valence-corrected chi connectivity index (χ3v) is 0. The van der Waals surface area contributed by atoms with Crippen molar-refractivity contribution in [1.29, 1.82) is 0 Å². The van der Waals surface area contributed by atoms with E-state index in [4.69, 9.17) is 0 Å². The van der Waals surface area contributed by atoms with Crippen molar-refractivity contribution in [3.8, 4) is 0 Å². The van der Waals surface area contributed by atoms with Gasteiger partial charge in [-0.3, -0.25) is 0 Å². The molecule has 0 nitrogen and oxygen atoms in total. The third-order valence-electron chi connectivity index (χ3n) is 0. The van der Waals surface area contributed by atoms with Crippen LogP contribution in [0.15, 0.2) is 0 Å². The summed E-state index contributed by atoms with van der Waals surface area (Å²) < 4.78 is 0. The topological polar surface area (TPSA) is 0 Å². The van der Waals surface area contributed by atoms with Crippen molar-refractivity contribution < 1.29 is 42.8 Å². The molecule has 0 atom stereocenters. The van der Waals surface area contributed by atoms with E-state index >= 15 is 0 Å². The van der Waals surface area contributed by atoms with E-state index in [1.165, 1.54) is 0 Å². The molecule has 4 heteroatoms. The predicted molar refractivity (Wildman–Crippen MR) is 11.5 cm³/mol. The zero-order chi connectivity index (χ0) is 0. The summed E-state index contributed by atoms with van der Waals surface area (Å²) in [7, 11) is 0. The molecule has 0 aromatic carbocycles. The third kappa shape index (κ3) is 9.22. The van der Waals surface area contributed by atoms with E-state index < -0.39 is 0 Å². The van der Waals surface area contributed by atoms with Crippen molar-refractivity contribution in [3.05, 3.63) is 0 Å². The number of hydrogen-bond acceptors (Lipinski definition) is 0. The number of rotatable bonds is 0. The van der Waals surface area contributed by atoms with Crippen LogP contribution in [-0.4, -0.2) is 71.9 Å². The minimum Gasteiger partial charge on any atom is 0 e. The Bertz CT molecular complexity index is 8.00. The van der Waals surface area contributed by atoms with Crippen LogP contribution in [-0.2, 0) is 42.8 Å². The molecule has 0 saturated carbocycles. The van der Waals surface area contributed by atoms with Crippen molar-refractivity contribution in [1.82, 2.24) is 0 Å². The fraction of sp³-hybridized carbons (Fsp3) is 0. The van der Waals surface area contributed by atoms with Gasteiger partial charge in [0.1, 0.15) is 0 Å². The predicted octanol–water partition coefficient (Wildman–Crippen LogP) is -0.767. The molecule has 0 aromatic heterocycles. The van der Waals surface area contributed by atoms with E-state index in [1.807, 2.05) is 0 Å². The zero-order valence-electron chi connectivity index (χ0n) is 2.32. The fourth-order valence-electron chi connectivity index (χ4n) is 0. The normalized spacial score (nSPS) is 0. The van der Waals surface area contributed by atoms with Crippen molar-refractivity contribution >= 4 is 71.9 Å². The summed E-state index contributed by atoms with van der Waals surface area (Å²) in [5.41, 5.74) is 0. The van der Waals surface area contributed by atoms with Crippen LogP contribution >= 0.6 is 0 Å². The Hall–Kier alpha value is 3.74. The molecule has 0 bridgehead atoms. The summed E-state index contributed by atoms with van der Waals surface area (Å²) in [6, 6.07) is 0. The molecular formula is BaMgTiW. The second-order valence-electron chi connectivity index (χ2n) is 0. The Morgan fingerprint density at radius 3 is 1.00 bits per heavy atom. The van der Waals surface area contributed by atoms with Crippen molar-refractivity contribution in [2.45, 2.75) is 0 Å². The van der Waals surface area contributed by atoms with Crippen LogP contribution in [0.4, 0.5) is 0 Å². The van der Waals surface area contributed by atoms with E-state index in [9.17, 15) is 0 Å². The molecule has 0 aliphatic carbocycles. The van der Waals surface area contributed by atoms with Gasteiger partial charge >= 0.3 is 0 Å².